The standard InChI is InChI=1S/C55H38N2O/c1-55-32-11-10-20-48(55)47-35-41(25-30-50(47)57(55)43-18-12-17-39(33-43)37-15-6-3-7-16-37)40-24-29-49-46(34-40)44-28-31-52-53(45-19-8-9-21-51(45)58-52)54(44)56(49)42-26-22-38(23-27-42)36-13-4-2-5-14-36/h2-31,33-35H,32H2,1H3. The van der Waals surface area contributed by atoms with E-state index < -0.39 is 0 Å². The molecule has 0 N–H and O–H groups in total. The Labute approximate surface area is 337 Å². The molecule has 2 aromatic heterocycles. The summed E-state index contributed by atoms with van der Waals surface area (Å²) < 4.78 is 8.89. The number of nitrogens with zero attached hydrogens (tertiary/aromatic N) is 2. The van der Waals surface area contributed by atoms with Crippen LogP contribution in [0.1, 0.15) is 18.9 Å². The van der Waals surface area contributed by atoms with E-state index in [1.54, 1.807) is 0 Å². The summed E-state index contributed by atoms with van der Waals surface area (Å²) in [5.74, 6) is 0. The summed E-state index contributed by atoms with van der Waals surface area (Å²) in [6.07, 6.45) is 7.80. The Morgan fingerprint density at radius 3 is 2.00 bits per heavy atom. The van der Waals surface area contributed by atoms with Gasteiger partial charge in [0, 0.05) is 38.8 Å². The van der Waals surface area contributed by atoms with Gasteiger partial charge in [-0.15, -0.1) is 0 Å². The maximum Gasteiger partial charge on any atom is 0.137 e. The Bertz CT molecular complexity index is 3310. The van der Waals surface area contributed by atoms with Crippen molar-refractivity contribution in [1.29, 1.82) is 0 Å². The monoisotopic (exact) mass is 742 g/mol. The SMILES string of the molecule is CC12CC=CC=C1c1cc(-c3ccc4c(c3)c3ccc5oc6ccccc6c5c3n4-c3ccc(-c4ccccc4)cc3)ccc1N2c1cccc(-c2ccccc2)c1. The topological polar surface area (TPSA) is 21.3 Å². The molecule has 3 nitrogen and oxygen atoms in total. The van der Waals surface area contributed by atoms with Crippen LogP contribution < -0.4 is 4.90 Å². The number of benzene rings is 8. The highest BCUT2D eigenvalue weighted by molar-refractivity contribution is 6.24. The van der Waals surface area contributed by atoms with Gasteiger partial charge >= 0.3 is 0 Å². The minimum Gasteiger partial charge on any atom is -0.456 e. The smallest absolute Gasteiger partial charge is 0.137 e. The average molecular weight is 743 g/mol. The van der Waals surface area contributed by atoms with Gasteiger partial charge in [0.15, 0.2) is 0 Å². The number of aromatic nitrogens is 1. The van der Waals surface area contributed by atoms with E-state index in [4.69, 9.17) is 4.42 Å². The van der Waals surface area contributed by atoms with E-state index in [1.165, 1.54) is 77.7 Å². The van der Waals surface area contributed by atoms with Gasteiger partial charge in [0.2, 0.25) is 0 Å². The molecule has 1 unspecified atom stereocenters. The molecule has 0 fully saturated rings. The lowest BCUT2D eigenvalue weighted by molar-refractivity contribution is 0.607. The number of para-hydroxylation sites is 1. The maximum absolute atomic E-state index is 6.45. The number of fused-ring (bicyclic) bond motifs is 10. The molecule has 1 aliphatic heterocycles. The minimum absolute atomic E-state index is 0.197. The van der Waals surface area contributed by atoms with E-state index in [-0.39, 0.29) is 5.54 Å². The summed E-state index contributed by atoms with van der Waals surface area (Å²) in [6, 6.07) is 66.1. The van der Waals surface area contributed by atoms with E-state index >= 15 is 0 Å². The third-order valence-electron chi connectivity index (χ3n) is 12.6. The number of rotatable bonds is 5. The Balaban J connectivity index is 1.03. The summed E-state index contributed by atoms with van der Waals surface area (Å²) in [4.78, 5) is 2.56. The van der Waals surface area contributed by atoms with Gasteiger partial charge in [-0.3, -0.25) is 0 Å². The molecule has 1 atom stereocenters. The molecule has 274 valence electrons. The number of furan rings is 1. The Kier molecular flexibility index (Phi) is 7.12. The minimum atomic E-state index is -0.197. The first-order chi connectivity index (χ1) is 28.6. The van der Waals surface area contributed by atoms with Crippen molar-refractivity contribution in [3.8, 4) is 39.1 Å². The molecule has 10 aromatic rings. The lowest BCUT2D eigenvalue weighted by Gasteiger charge is -2.39. The molecule has 12 rings (SSSR count). The Morgan fingerprint density at radius 1 is 0.500 bits per heavy atom. The molecule has 0 radical (unpaired) electrons. The van der Waals surface area contributed by atoms with Gasteiger partial charge in [-0.2, -0.15) is 0 Å². The molecule has 3 heteroatoms. The summed E-state index contributed by atoms with van der Waals surface area (Å²) in [7, 11) is 0. The first-order valence-corrected chi connectivity index (χ1v) is 20.1. The van der Waals surface area contributed by atoms with Gasteiger partial charge in [0.05, 0.1) is 22.0 Å². The first kappa shape index (κ1) is 32.8. The van der Waals surface area contributed by atoms with Crippen molar-refractivity contribution >= 4 is 60.7 Å². The fourth-order valence-corrected chi connectivity index (χ4v) is 9.81. The van der Waals surface area contributed by atoms with Crippen LogP contribution in [-0.4, -0.2) is 10.1 Å². The number of allylic oxidation sites excluding steroid dienone is 2. The summed E-state index contributed by atoms with van der Waals surface area (Å²) in [5.41, 5.74) is 17.4. The predicted molar refractivity (Wildman–Crippen MR) is 243 cm³/mol. The zero-order valence-corrected chi connectivity index (χ0v) is 32.1. The highest BCUT2D eigenvalue weighted by atomic mass is 16.3. The van der Waals surface area contributed by atoms with Crippen molar-refractivity contribution in [2.45, 2.75) is 18.9 Å². The van der Waals surface area contributed by atoms with Crippen LogP contribution in [0, 0.1) is 0 Å². The molecule has 2 aliphatic rings. The third-order valence-corrected chi connectivity index (χ3v) is 12.6. The number of hydrogen-bond donors (Lipinski definition) is 0. The van der Waals surface area contributed by atoms with Gasteiger partial charge in [-0.1, -0.05) is 133 Å². The van der Waals surface area contributed by atoms with Crippen LogP contribution in [0.5, 0.6) is 0 Å². The molecule has 0 bridgehead atoms. The molecule has 3 heterocycles. The average Bonchev–Trinajstić information content (AvgIpc) is 3.92. The molecule has 0 saturated carbocycles. The quantitative estimate of drug-likeness (QED) is 0.175. The molecule has 0 saturated heterocycles. The van der Waals surface area contributed by atoms with Gasteiger partial charge < -0.3 is 13.9 Å². The second-order valence-electron chi connectivity index (χ2n) is 15.9. The Hall–Kier alpha value is -7.36. The highest BCUT2D eigenvalue weighted by Crippen LogP contribution is 2.55. The number of hydrogen-bond acceptors (Lipinski definition) is 2. The summed E-state index contributed by atoms with van der Waals surface area (Å²) >= 11 is 0. The van der Waals surface area contributed by atoms with Crippen LogP contribution in [0.4, 0.5) is 11.4 Å². The van der Waals surface area contributed by atoms with E-state index in [0.717, 1.165) is 34.0 Å². The lowest BCUT2D eigenvalue weighted by Crippen LogP contribution is -2.40. The third kappa shape index (κ3) is 4.86. The second kappa shape index (κ2) is 12.6. The zero-order valence-electron chi connectivity index (χ0n) is 32.1. The molecule has 0 spiro atoms. The van der Waals surface area contributed by atoms with Gasteiger partial charge in [-0.05, 0) is 119 Å². The van der Waals surface area contributed by atoms with E-state index in [1.807, 2.05) is 6.07 Å². The first-order valence-electron chi connectivity index (χ1n) is 20.1. The molecule has 8 aromatic carbocycles. The van der Waals surface area contributed by atoms with Crippen molar-refractivity contribution in [3.63, 3.8) is 0 Å². The Morgan fingerprint density at radius 2 is 1.17 bits per heavy atom. The van der Waals surface area contributed by atoms with Crippen LogP contribution >= 0.6 is 0 Å². The van der Waals surface area contributed by atoms with Crippen molar-refractivity contribution in [2.75, 3.05) is 4.90 Å². The van der Waals surface area contributed by atoms with Crippen LogP contribution in [0.2, 0.25) is 0 Å². The zero-order chi connectivity index (χ0) is 38.4. The van der Waals surface area contributed by atoms with Crippen molar-refractivity contribution in [1.82, 2.24) is 4.57 Å². The fourth-order valence-electron chi connectivity index (χ4n) is 9.81. The van der Waals surface area contributed by atoms with Crippen molar-refractivity contribution in [2.24, 2.45) is 0 Å². The van der Waals surface area contributed by atoms with Gasteiger partial charge in [-0.25, -0.2) is 0 Å². The highest BCUT2D eigenvalue weighted by Gasteiger charge is 2.45. The molecular formula is C55H38N2O. The second-order valence-corrected chi connectivity index (χ2v) is 15.9. The molecule has 58 heavy (non-hydrogen) atoms. The van der Waals surface area contributed by atoms with Crippen LogP contribution in [0.25, 0.3) is 88.4 Å². The number of anilines is 2. The fraction of sp³-hybridized carbons (Fsp3) is 0.0545. The van der Waals surface area contributed by atoms with Crippen LogP contribution in [-0.2, 0) is 0 Å². The van der Waals surface area contributed by atoms with Crippen LogP contribution in [0.15, 0.2) is 205 Å². The summed E-state index contributed by atoms with van der Waals surface area (Å²) in [5, 5.41) is 4.70. The normalized spacial score (nSPS) is 16.0. The largest absolute Gasteiger partial charge is 0.456 e. The summed E-state index contributed by atoms with van der Waals surface area (Å²) in [6.45, 7) is 2.39. The van der Waals surface area contributed by atoms with E-state index in [2.05, 4.69) is 211 Å². The lowest BCUT2D eigenvalue weighted by atomic mass is 9.83. The van der Waals surface area contributed by atoms with Crippen molar-refractivity contribution < 1.29 is 4.42 Å². The van der Waals surface area contributed by atoms with Crippen molar-refractivity contribution in [3.05, 3.63) is 206 Å². The molecule has 1 aliphatic carbocycles. The van der Waals surface area contributed by atoms with Gasteiger partial charge in [0.25, 0.3) is 0 Å². The van der Waals surface area contributed by atoms with Crippen LogP contribution in [0.3, 0.4) is 0 Å². The van der Waals surface area contributed by atoms with E-state index in [0.29, 0.717) is 0 Å². The predicted octanol–water partition coefficient (Wildman–Crippen LogP) is 14.9. The van der Waals surface area contributed by atoms with Gasteiger partial charge in [0.1, 0.15) is 11.2 Å². The molecule has 0 amide bonds. The van der Waals surface area contributed by atoms with E-state index in [9.17, 15) is 0 Å². The molecular weight excluding hydrogens is 705 g/mol. The maximum atomic E-state index is 6.45.